The highest BCUT2D eigenvalue weighted by Gasteiger charge is 2.54. The Balaban J connectivity index is 1.74. The van der Waals surface area contributed by atoms with Gasteiger partial charge < -0.3 is 4.84 Å². The van der Waals surface area contributed by atoms with Crippen LogP contribution in [0.15, 0.2) is 23.4 Å². The molecule has 21 heavy (non-hydrogen) atoms. The molecular formula is C16H18Cl2N2O. The van der Waals surface area contributed by atoms with Crippen molar-refractivity contribution >= 4 is 28.9 Å². The minimum atomic E-state index is 0.459. The third-order valence-corrected chi connectivity index (χ3v) is 6.11. The number of benzene rings is 1. The fourth-order valence-electron chi connectivity index (χ4n) is 4.60. The molecule has 5 heteroatoms. The van der Waals surface area contributed by atoms with Crippen LogP contribution in [-0.4, -0.2) is 36.3 Å². The van der Waals surface area contributed by atoms with E-state index in [0.29, 0.717) is 34.0 Å². The summed E-state index contributed by atoms with van der Waals surface area (Å²) in [6, 6.07) is 7.37. The van der Waals surface area contributed by atoms with Gasteiger partial charge in [0.15, 0.2) is 0 Å². The number of hydrogen-bond donors (Lipinski definition) is 0. The van der Waals surface area contributed by atoms with E-state index in [0.717, 1.165) is 6.54 Å². The average molecular weight is 325 g/mol. The maximum atomic E-state index is 6.22. The smallest absolute Gasteiger partial charge is 0.106 e. The average Bonchev–Trinajstić information content (AvgIpc) is 2.88. The van der Waals surface area contributed by atoms with Crippen molar-refractivity contribution in [3.8, 4) is 0 Å². The predicted octanol–water partition coefficient (Wildman–Crippen LogP) is 3.95. The number of nitrogens with zero attached hydrogens (tertiary/aromatic N) is 2. The van der Waals surface area contributed by atoms with Crippen molar-refractivity contribution in [2.75, 3.05) is 13.7 Å². The first-order valence-electron chi connectivity index (χ1n) is 7.49. The van der Waals surface area contributed by atoms with E-state index in [4.69, 9.17) is 28.0 Å². The van der Waals surface area contributed by atoms with Crippen molar-refractivity contribution < 1.29 is 4.84 Å². The van der Waals surface area contributed by atoms with E-state index in [1.165, 1.54) is 30.5 Å². The second kappa shape index (κ2) is 5.15. The lowest BCUT2D eigenvalue weighted by Crippen LogP contribution is -2.40. The minimum Gasteiger partial charge on any atom is -0.399 e. The van der Waals surface area contributed by atoms with E-state index < -0.39 is 0 Å². The van der Waals surface area contributed by atoms with Crippen LogP contribution < -0.4 is 0 Å². The summed E-state index contributed by atoms with van der Waals surface area (Å²) in [6.45, 7) is 0.964. The molecule has 112 valence electrons. The molecule has 3 nitrogen and oxygen atoms in total. The van der Waals surface area contributed by atoms with Crippen LogP contribution in [0.25, 0.3) is 0 Å². The van der Waals surface area contributed by atoms with Gasteiger partial charge in [-0.2, -0.15) is 0 Å². The first kappa shape index (κ1) is 13.9. The normalized spacial score (nSPS) is 39.0. The van der Waals surface area contributed by atoms with Gasteiger partial charge in [0.1, 0.15) is 7.11 Å². The fraction of sp³-hybridized carbons (Fsp3) is 0.562. The second-order valence-electron chi connectivity index (χ2n) is 6.28. The molecule has 3 fully saturated rings. The van der Waals surface area contributed by atoms with E-state index in [9.17, 15) is 0 Å². The molecule has 3 heterocycles. The van der Waals surface area contributed by atoms with E-state index in [2.05, 4.69) is 16.1 Å². The maximum absolute atomic E-state index is 6.22. The van der Waals surface area contributed by atoms with E-state index >= 15 is 0 Å². The Morgan fingerprint density at radius 3 is 2.86 bits per heavy atom. The molecule has 3 aliphatic rings. The van der Waals surface area contributed by atoms with Gasteiger partial charge in [-0.1, -0.05) is 34.4 Å². The summed E-state index contributed by atoms with van der Waals surface area (Å²) in [6.07, 6.45) is 3.76. The minimum absolute atomic E-state index is 0.459. The third-order valence-electron chi connectivity index (χ3n) is 5.37. The summed E-state index contributed by atoms with van der Waals surface area (Å²) >= 11 is 12.3. The van der Waals surface area contributed by atoms with Crippen molar-refractivity contribution in [1.82, 2.24) is 4.90 Å². The highest BCUT2D eigenvalue weighted by molar-refractivity contribution is 6.42. The first-order chi connectivity index (χ1) is 10.2. The largest absolute Gasteiger partial charge is 0.399 e. The quantitative estimate of drug-likeness (QED) is 0.769. The SMILES string of the molecule is CON=C1CN2[C@H]3CC[C@@H]2[C@H]1[C@@H](c1ccc(Cl)c(Cl)c1)C3. The Morgan fingerprint density at radius 2 is 2.10 bits per heavy atom. The van der Waals surface area contributed by atoms with Gasteiger partial charge in [-0.3, -0.25) is 4.90 Å². The second-order valence-corrected chi connectivity index (χ2v) is 7.09. The van der Waals surface area contributed by atoms with Crippen molar-refractivity contribution in [3.63, 3.8) is 0 Å². The number of hydrogen-bond acceptors (Lipinski definition) is 3. The molecule has 3 aliphatic heterocycles. The molecule has 0 radical (unpaired) electrons. The molecule has 5 atom stereocenters. The Hall–Kier alpha value is -0.770. The summed E-state index contributed by atoms with van der Waals surface area (Å²) in [5.41, 5.74) is 2.48. The van der Waals surface area contributed by atoms with Crippen LogP contribution in [0.5, 0.6) is 0 Å². The predicted molar refractivity (Wildman–Crippen MR) is 85.3 cm³/mol. The molecular weight excluding hydrogens is 307 g/mol. The molecule has 0 amide bonds. The topological polar surface area (TPSA) is 24.8 Å². The van der Waals surface area contributed by atoms with Gasteiger partial charge in [0.05, 0.1) is 15.8 Å². The summed E-state index contributed by atoms with van der Waals surface area (Å²) < 4.78 is 0. The van der Waals surface area contributed by atoms with E-state index in [1.54, 1.807) is 7.11 Å². The van der Waals surface area contributed by atoms with Gasteiger partial charge in [-0.15, -0.1) is 0 Å². The zero-order valence-corrected chi connectivity index (χ0v) is 13.4. The van der Waals surface area contributed by atoms with Crippen LogP contribution in [0, 0.1) is 5.92 Å². The zero-order valence-electron chi connectivity index (χ0n) is 11.9. The van der Waals surface area contributed by atoms with E-state index in [-0.39, 0.29) is 0 Å². The highest BCUT2D eigenvalue weighted by atomic mass is 35.5. The molecule has 0 aliphatic carbocycles. The van der Waals surface area contributed by atoms with Crippen molar-refractivity contribution in [1.29, 1.82) is 0 Å². The van der Waals surface area contributed by atoms with Crippen molar-refractivity contribution in [3.05, 3.63) is 33.8 Å². The summed E-state index contributed by atoms with van der Waals surface area (Å²) in [4.78, 5) is 7.70. The molecule has 1 unspecified atom stereocenters. The van der Waals surface area contributed by atoms with Crippen molar-refractivity contribution in [2.24, 2.45) is 11.1 Å². The van der Waals surface area contributed by atoms with Gasteiger partial charge in [-0.25, -0.2) is 0 Å². The molecule has 0 N–H and O–H groups in total. The summed E-state index contributed by atoms with van der Waals surface area (Å²) in [5, 5.41) is 5.59. The fourth-order valence-corrected chi connectivity index (χ4v) is 4.91. The van der Waals surface area contributed by atoms with Crippen LogP contribution in [0.3, 0.4) is 0 Å². The van der Waals surface area contributed by atoms with Crippen LogP contribution in [-0.2, 0) is 4.84 Å². The Morgan fingerprint density at radius 1 is 1.24 bits per heavy atom. The molecule has 0 aromatic heterocycles. The molecule has 1 aromatic carbocycles. The Kier molecular flexibility index (Phi) is 3.40. The summed E-state index contributed by atoms with van der Waals surface area (Å²) in [7, 11) is 1.64. The molecule has 0 saturated carbocycles. The Bertz CT molecular complexity index is 604. The summed E-state index contributed by atoms with van der Waals surface area (Å²) in [5.74, 6) is 0.936. The number of halogens is 2. The van der Waals surface area contributed by atoms with Gasteiger partial charge in [-0.05, 0) is 42.9 Å². The molecule has 4 bridgehead atoms. The van der Waals surface area contributed by atoms with Crippen LogP contribution in [0.4, 0.5) is 0 Å². The van der Waals surface area contributed by atoms with Gasteiger partial charge in [0.25, 0.3) is 0 Å². The highest BCUT2D eigenvalue weighted by Crippen LogP contribution is 2.51. The van der Waals surface area contributed by atoms with Crippen LogP contribution >= 0.6 is 23.2 Å². The van der Waals surface area contributed by atoms with Crippen LogP contribution in [0.2, 0.25) is 10.0 Å². The van der Waals surface area contributed by atoms with Crippen molar-refractivity contribution in [2.45, 2.75) is 37.3 Å². The van der Waals surface area contributed by atoms with E-state index in [1.807, 2.05) is 12.1 Å². The molecule has 4 rings (SSSR count). The monoisotopic (exact) mass is 324 g/mol. The van der Waals surface area contributed by atoms with Gasteiger partial charge in [0, 0.05) is 24.5 Å². The molecule has 3 saturated heterocycles. The maximum Gasteiger partial charge on any atom is 0.106 e. The lowest BCUT2D eigenvalue weighted by atomic mass is 9.77. The number of rotatable bonds is 2. The third kappa shape index (κ3) is 2.09. The molecule has 1 aromatic rings. The first-order valence-corrected chi connectivity index (χ1v) is 8.25. The van der Waals surface area contributed by atoms with Crippen LogP contribution in [0.1, 0.15) is 30.7 Å². The lowest BCUT2D eigenvalue weighted by molar-refractivity contribution is 0.154. The standard InChI is InChI=1S/C16H18Cl2N2O/c1-21-19-14-8-20-10-3-5-15(20)16(14)11(7-10)9-2-4-12(17)13(18)6-9/h2,4,6,10-11,15-16H,3,5,7-8H2,1H3/t10-,11+,15+,16-/m0/s1. The van der Waals surface area contributed by atoms with Gasteiger partial charge >= 0.3 is 0 Å². The molecule has 0 spiro atoms. The lowest BCUT2D eigenvalue weighted by Gasteiger charge is -2.36. The number of oxime groups is 1. The number of piperidine rings is 1. The Labute approximate surface area is 134 Å². The van der Waals surface area contributed by atoms with Gasteiger partial charge in [0.2, 0.25) is 0 Å². The zero-order chi connectivity index (χ0) is 14.6.